The topological polar surface area (TPSA) is 49.0 Å². The van der Waals surface area contributed by atoms with Crippen molar-refractivity contribution in [2.24, 2.45) is 0 Å². The number of fused-ring (bicyclic) bond motifs is 1. The maximum atomic E-state index is 12.4. The second-order valence-electron chi connectivity index (χ2n) is 6.00. The number of aromatic amines is 1. The molecule has 2 heterocycles. The summed E-state index contributed by atoms with van der Waals surface area (Å²) >= 11 is 0. The molecule has 122 valence electrons. The Morgan fingerprint density at radius 1 is 1.25 bits per heavy atom. The van der Waals surface area contributed by atoms with Crippen molar-refractivity contribution in [2.45, 2.75) is 19.9 Å². The maximum absolute atomic E-state index is 12.4. The highest BCUT2D eigenvalue weighted by molar-refractivity contribution is 5.92. The molecule has 3 rings (SSSR count). The third-order valence-electron chi connectivity index (χ3n) is 4.28. The number of carbonyl (C=O) groups excluding carboxylic acids is 1. The van der Waals surface area contributed by atoms with Gasteiger partial charge in [-0.15, -0.1) is 0 Å². The number of nitrogens with zero attached hydrogens (tertiary/aromatic N) is 2. The molecule has 1 atom stereocenters. The van der Waals surface area contributed by atoms with Gasteiger partial charge in [0.2, 0.25) is 5.91 Å². The molecule has 0 spiro atoms. The van der Waals surface area contributed by atoms with E-state index in [1.807, 2.05) is 51.2 Å². The molecule has 1 aromatic carbocycles. The van der Waals surface area contributed by atoms with Gasteiger partial charge in [0.15, 0.2) is 0 Å². The minimum absolute atomic E-state index is 0.0364. The van der Waals surface area contributed by atoms with Crippen LogP contribution in [-0.2, 0) is 4.79 Å². The van der Waals surface area contributed by atoms with E-state index in [1.165, 1.54) is 0 Å². The number of nitrogens with one attached hydrogen (secondary N) is 1. The first kappa shape index (κ1) is 16.0. The largest absolute Gasteiger partial charge is 0.357 e. The van der Waals surface area contributed by atoms with E-state index in [0.29, 0.717) is 0 Å². The van der Waals surface area contributed by atoms with Gasteiger partial charge in [-0.1, -0.05) is 24.3 Å². The highest BCUT2D eigenvalue weighted by Gasteiger charge is 2.17. The van der Waals surface area contributed by atoms with Gasteiger partial charge >= 0.3 is 0 Å². The van der Waals surface area contributed by atoms with Crippen molar-refractivity contribution in [2.75, 3.05) is 7.05 Å². The number of aryl methyl sites for hydroxylation is 1. The van der Waals surface area contributed by atoms with Crippen LogP contribution in [0.15, 0.2) is 54.7 Å². The predicted octanol–water partition coefficient (Wildman–Crippen LogP) is 4.10. The molecule has 0 aliphatic carbocycles. The zero-order valence-electron chi connectivity index (χ0n) is 14.2. The van der Waals surface area contributed by atoms with Gasteiger partial charge in [0.25, 0.3) is 0 Å². The summed E-state index contributed by atoms with van der Waals surface area (Å²) in [6, 6.07) is 14.1. The second-order valence-corrected chi connectivity index (χ2v) is 6.00. The number of rotatable bonds is 4. The Balaban J connectivity index is 1.73. The third kappa shape index (κ3) is 3.38. The van der Waals surface area contributed by atoms with Crippen molar-refractivity contribution >= 4 is 22.9 Å². The van der Waals surface area contributed by atoms with E-state index in [9.17, 15) is 4.79 Å². The smallest absolute Gasteiger partial charge is 0.246 e. The van der Waals surface area contributed by atoms with Crippen molar-refractivity contribution in [3.8, 4) is 0 Å². The van der Waals surface area contributed by atoms with Crippen LogP contribution in [0.25, 0.3) is 17.0 Å². The van der Waals surface area contributed by atoms with Crippen LogP contribution in [0.3, 0.4) is 0 Å². The molecule has 0 radical (unpaired) electrons. The van der Waals surface area contributed by atoms with Gasteiger partial charge in [0, 0.05) is 36.2 Å². The van der Waals surface area contributed by atoms with Crippen molar-refractivity contribution in [1.82, 2.24) is 14.9 Å². The van der Waals surface area contributed by atoms with Crippen LogP contribution in [0, 0.1) is 6.92 Å². The first-order valence-electron chi connectivity index (χ1n) is 8.00. The maximum Gasteiger partial charge on any atom is 0.246 e. The fraction of sp³-hybridized carbons (Fsp3) is 0.200. The third-order valence-corrected chi connectivity index (χ3v) is 4.28. The quantitative estimate of drug-likeness (QED) is 0.736. The molecule has 0 saturated heterocycles. The molecule has 1 unspecified atom stereocenters. The summed E-state index contributed by atoms with van der Waals surface area (Å²) in [6.07, 6.45) is 5.15. The summed E-state index contributed by atoms with van der Waals surface area (Å²) in [7, 11) is 1.82. The molecule has 0 fully saturated rings. The monoisotopic (exact) mass is 319 g/mol. The van der Waals surface area contributed by atoms with Crippen molar-refractivity contribution in [3.63, 3.8) is 0 Å². The number of para-hydroxylation sites is 1. The van der Waals surface area contributed by atoms with Crippen LogP contribution in [0.2, 0.25) is 0 Å². The molecule has 24 heavy (non-hydrogen) atoms. The number of hydrogen-bond donors (Lipinski definition) is 1. The number of aromatic nitrogens is 2. The number of benzene rings is 1. The lowest BCUT2D eigenvalue weighted by Gasteiger charge is -2.22. The zero-order valence-corrected chi connectivity index (χ0v) is 14.2. The number of carbonyl (C=O) groups is 1. The SMILES string of the molecule is Cc1ccc(/C=C/C(=O)N(C)C(C)c2cc3ccccc3[nH]2)cn1. The van der Waals surface area contributed by atoms with Gasteiger partial charge in [-0.05, 0) is 49.1 Å². The fourth-order valence-corrected chi connectivity index (χ4v) is 2.58. The molecule has 3 aromatic rings. The fourth-order valence-electron chi connectivity index (χ4n) is 2.58. The van der Waals surface area contributed by atoms with E-state index in [-0.39, 0.29) is 11.9 Å². The Labute approximate surface area is 141 Å². The highest BCUT2D eigenvalue weighted by Crippen LogP contribution is 2.23. The Morgan fingerprint density at radius 2 is 2.04 bits per heavy atom. The van der Waals surface area contributed by atoms with Gasteiger partial charge in [-0.3, -0.25) is 9.78 Å². The summed E-state index contributed by atoms with van der Waals surface area (Å²) in [4.78, 5) is 21.8. The number of amides is 1. The number of hydrogen-bond acceptors (Lipinski definition) is 2. The molecule has 0 aliphatic rings. The lowest BCUT2D eigenvalue weighted by atomic mass is 10.2. The number of H-pyrrole nitrogens is 1. The Bertz CT molecular complexity index is 844. The van der Waals surface area contributed by atoms with Crippen molar-refractivity contribution in [3.05, 3.63) is 71.7 Å². The Morgan fingerprint density at radius 3 is 2.75 bits per heavy atom. The van der Waals surface area contributed by atoms with Gasteiger partial charge in [0.05, 0.1) is 6.04 Å². The molecule has 2 aromatic heterocycles. The van der Waals surface area contributed by atoms with Crippen molar-refractivity contribution < 1.29 is 4.79 Å². The standard InChI is InChI=1S/C20H21N3O/c1-14-8-9-16(13-21-14)10-11-20(24)23(3)15(2)19-12-17-6-4-5-7-18(17)22-19/h4-13,15,22H,1-3H3/b11-10+. The van der Waals surface area contributed by atoms with E-state index in [0.717, 1.165) is 27.9 Å². The Hall–Kier alpha value is -2.88. The summed E-state index contributed by atoms with van der Waals surface area (Å²) in [5.74, 6) is -0.0401. The van der Waals surface area contributed by atoms with E-state index < -0.39 is 0 Å². The lowest BCUT2D eigenvalue weighted by molar-refractivity contribution is -0.126. The van der Waals surface area contributed by atoms with Gasteiger partial charge < -0.3 is 9.88 Å². The summed E-state index contributed by atoms with van der Waals surface area (Å²) in [5, 5.41) is 1.15. The molecular formula is C20H21N3O. The van der Waals surface area contributed by atoms with Gasteiger partial charge in [0.1, 0.15) is 0 Å². The zero-order chi connectivity index (χ0) is 17.1. The van der Waals surface area contributed by atoms with Crippen molar-refractivity contribution in [1.29, 1.82) is 0 Å². The highest BCUT2D eigenvalue weighted by atomic mass is 16.2. The molecule has 0 saturated carbocycles. The minimum atomic E-state index is -0.0401. The van der Waals surface area contributed by atoms with Crippen LogP contribution in [0.1, 0.15) is 29.9 Å². The normalized spacial score (nSPS) is 12.6. The summed E-state index contributed by atoms with van der Waals surface area (Å²) in [5.41, 5.74) is 3.99. The first-order valence-corrected chi connectivity index (χ1v) is 8.00. The van der Waals surface area contributed by atoms with E-state index in [4.69, 9.17) is 0 Å². The minimum Gasteiger partial charge on any atom is -0.357 e. The molecule has 4 heteroatoms. The predicted molar refractivity (Wildman–Crippen MR) is 97.5 cm³/mol. The molecule has 0 aliphatic heterocycles. The molecule has 1 N–H and O–H groups in total. The number of likely N-dealkylation sites (N-methyl/N-ethyl adjacent to an activating group) is 1. The van der Waals surface area contributed by atoms with E-state index in [2.05, 4.69) is 22.1 Å². The van der Waals surface area contributed by atoms with Crippen LogP contribution >= 0.6 is 0 Å². The summed E-state index contributed by atoms with van der Waals surface area (Å²) < 4.78 is 0. The Kier molecular flexibility index (Phi) is 4.47. The molecule has 0 bridgehead atoms. The lowest BCUT2D eigenvalue weighted by Crippen LogP contribution is -2.28. The van der Waals surface area contributed by atoms with Gasteiger partial charge in [-0.2, -0.15) is 0 Å². The average molecular weight is 319 g/mol. The summed E-state index contributed by atoms with van der Waals surface area (Å²) in [6.45, 7) is 3.96. The number of pyridine rings is 1. The van der Waals surface area contributed by atoms with Crippen LogP contribution in [0.5, 0.6) is 0 Å². The van der Waals surface area contributed by atoms with Crippen LogP contribution < -0.4 is 0 Å². The molecule has 4 nitrogen and oxygen atoms in total. The van der Waals surface area contributed by atoms with Crippen LogP contribution in [-0.4, -0.2) is 27.8 Å². The molecule has 1 amide bonds. The van der Waals surface area contributed by atoms with Crippen LogP contribution in [0.4, 0.5) is 0 Å². The van der Waals surface area contributed by atoms with E-state index in [1.54, 1.807) is 23.2 Å². The average Bonchev–Trinajstić information content (AvgIpc) is 3.03. The first-order chi connectivity index (χ1) is 11.5. The van der Waals surface area contributed by atoms with E-state index >= 15 is 0 Å². The molecular weight excluding hydrogens is 298 g/mol. The van der Waals surface area contributed by atoms with Gasteiger partial charge in [-0.25, -0.2) is 0 Å². The second kappa shape index (κ2) is 6.71.